The summed E-state index contributed by atoms with van der Waals surface area (Å²) >= 11 is 0. The van der Waals surface area contributed by atoms with Crippen LogP contribution in [0.25, 0.3) is 0 Å². The van der Waals surface area contributed by atoms with Gasteiger partial charge in [0.1, 0.15) is 30.5 Å². The first-order valence-corrected chi connectivity index (χ1v) is 22.5. The van der Waals surface area contributed by atoms with Crippen molar-refractivity contribution >= 4 is 16.3 Å². The van der Waals surface area contributed by atoms with Crippen LogP contribution in [0.3, 0.4) is 0 Å². The predicted molar refractivity (Wildman–Crippen MR) is 210 cm³/mol. The maximum absolute atomic E-state index is 13.0. The predicted octanol–water partition coefficient (Wildman–Crippen LogP) is 6.19. The molecule has 1 aliphatic rings. The van der Waals surface area contributed by atoms with Gasteiger partial charge in [0, 0.05) is 0 Å². The topological polar surface area (TPSA) is 212 Å². The molecule has 1 saturated heterocycles. The molecule has 1 fully saturated rings. The van der Waals surface area contributed by atoms with Crippen LogP contribution in [0.15, 0.2) is 12.2 Å². The van der Waals surface area contributed by atoms with E-state index in [9.17, 15) is 38.7 Å². The summed E-state index contributed by atoms with van der Waals surface area (Å²) in [6.07, 6.45) is 20.7. The number of nitrogens with one attached hydrogen (secondary N) is 1. The van der Waals surface area contributed by atoms with Gasteiger partial charge in [0.05, 0.1) is 25.4 Å². The largest absolute Gasteiger partial charge is 0.397 e. The standard InChI is InChI=1S/C40H77NO12S/c1-3-5-7-9-11-12-13-14-15-16-17-18-19-20-21-22-23-25-27-29-34(44)39(47)41-32(33(43)28-26-24-10-8-6-4-2)31-51-40-37(46)38(53-54(48,49)50)36(45)35(30-42)52-40/h26,28,32-38,40,42-46H,3-25,27,29-31H2,1-2H3,(H,41,47)(H,48,49,50)/b28-26+. The van der Waals surface area contributed by atoms with Gasteiger partial charge >= 0.3 is 10.4 Å². The van der Waals surface area contributed by atoms with E-state index in [1.807, 2.05) is 0 Å². The van der Waals surface area contributed by atoms with E-state index in [2.05, 4.69) is 23.3 Å². The second-order valence-electron chi connectivity index (χ2n) is 15.1. The van der Waals surface area contributed by atoms with Gasteiger partial charge in [0.15, 0.2) is 6.29 Å². The molecule has 13 nitrogen and oxygen atoms in total. The van der Waals surface area contributed by atoms with E-state index in [-0.39, 0.29) is 6.42 Å². The Morgan fingerprint density at radius 2 is 1.20 bits per heavy atom. The van der Waals surface area contributed by atoms with Gasteiger partial charge in [0.25, 0.3) is 0 Å². The van der Waals surface area contributed by atoms with Crippen LogP contribution in [-0.4, -0.2) is 107 Å². The number of carbonyl (C=O) groups is 1. The summed E-state index contributed by atoms with van der Waals surface area (Å²) in [6.45, 7) is 3.10. The van der Waals surface area contributed by atoms with Crippen LogP contribution in [0.4, 0.5) is 0 Å². The maximum atomic E-state index is 13.0. The van der Waals surface area contributed by atoms with Crippen LogP contribution in [0, 0.1) is 0 Å². The van der Waals surface area contributed by atoms with Crippen molar-refractivity contribution in [3.05, 3.63) is 12.2 Å². The van der Waals surface area contributed by atoms with Crippen molar-refractivity contribution in [2.24, 2.45) is 0 Å². The molecule has 8 unspecified atom stereocenters. The van der Waals surface area contributed by atoms with E-state index in [1.54, 1.807) is 6.08 Å². The molecule has 8 atom stereocenters. The molecule has 0 aromatic rings. The smallest absolute Gasteiger partial charge is 0.394 e. The monoisotopic (exact) mass is 796 g/mol. The minimum Gasteiger partial charge on any atom is -0.394 e. The van der Waals surface area contributed by atoms with Crippen molar-refractivity contribution < 1.29 is 57.0 Å². The molecular weight excluding hydrogens is 719 g/mol. The minimum atomic E-state index is -5.11. The average Bonchev–Trinajstić information content (AvgIpc) is 3.14. The average molecular weight is 796 g/mol. The second kappa shape index (κ2) is 31.8. The molecule has 54 heavy (non-hydrogen) atoms. The molecule has 0 aromatic heterocycles. The highest BCUT2D eigenvalue weighted by molar-refractivity contribution is 7.80. The molecule has 0 bridgehead atoms. The Kier molecular flexibility index (Phi) is 30.0. The van der Waals surface area contributed by atoms with Crippen LogP contribution in [0.1, 0.15) is 174 Å². The Hall–Kier alpha value is -1.20. The highest BCUT2D eigenvalue weighted by Crippen LogP contribution is 2.26. The number of unbranched alkanes of at least 4 members (excludes halogenated alkanes) is 22. The zero-order valence-corrected chi connectivity index (χ0v) is 34.2. The van der Waals surface area contributed by atoms with E-state index >= 15 is 0 Å². The molecule has 0 aliphatic carbocycles. The van der Waals surface area contributed by atoms with Gasteiger partial charge in [-0.25, -0.2) is 4.18 Å². The Morgan fingerprint density at radius 1 is 0.741 bits per heavy atom. The van der Waals surface area contributed by atoms with E-state index in [0.29, 0.717) is 12.8 Å². The first kappa shape index (κ1) is 50.8. The number of carbonyl (C=O) groups excluding carboxylic acids is 1. The number of amides is 1. The van der Waals surface area contributed by atoms with Crippen LogP contribution in [0.5, 0.6) is 0 Å². The molecule has 1 rings (SSSR count). The lowest BCUT2D eigenvalue weighted by atomic mass is 9.99. The number of allylic oxidation sites excluding steroid dienone is 1. The lowest BCUT2D eigenvalue weighted by Crippen LogP contribution is -2.61. The summed E-state index contributed by atoms with van der Waals surface area (Å²) in [7, 11) is -5.11. The zero-order chi connectivity index (χ0) is 40.0. The lowest BCUT2D eigenvalue weighted by molar-refractivity contribution is -0.298. The molecule has 1 heterocycles. The van der Waals surface area contributed by atoms with E-state index in [4.69, 9.17) is 14.0 Å². The van der Waals surface area contributed by atoms with Crippen LogP contribution in [-0.2, 0) is 28.9 Å². The zero-order valence-electron chi connectivity index (χ0n) is 33.4. The third-order valence-electron chi connectivity index (χ3n) is 10.2. The summed E-state index contributed by atoms with van der Waals surface area (Å²) in [5, 5.41) is 54.7. The van der Waals surface area contributed by atoms with Gasteiger partial charge < -0.3 is 40.3 Å². The van der Waals surface area contributed by atoms with Gasteiger partial charge in [-0.15, -0.1) is 0 Å². The number of ether oxygens (including phenoxy) is 2. The molecule has 0 aromatic carbocycles. The molecular formula is C40H77NO12S. The first-order chi connectivity index (χ1) is 25.9. The second-order valence-corrected chi connectivity index (χ2v) is 16.1. The van der Waals surface area contributed by atoms with E-state index in [1.165, 1.54) is 102 Å². The fourth-order valence-corrected chi connectivity index (χ4v) is 7.26. The minimum absolute atomic E-state index is 0.247. The summed E-state index contributed by atoms with van der Waals surface area (Å²) in [5.74, 6) is -0.706. The van der Waals surface area contributed by atoms with E-state index < -0.39 is 78.5 Å². The number of rotatable bonds is 35. The van der Waals surface area contributed by atoms with Crippen molar-refractivity contribution in [2.75, 3.05) is 13.2 Å². The Labute approximate surface area is 326 Å². The van der Waals surface area contributed by atoms with Crippen molar-refractivity contribution in [1.82, 2.24) is 5.32 Å². The number of aliphatic hydroxyl groups excluding tert-OH is 5. The lowest BCUT2D eigenvalue weighted by Gasteiger charge is -2.41. The fourth-order valence-electron chi connectivity index (χ4n) is 6.75. The molecule has 14 heteroatoms. The Morgan fingerprint density at radius 3 is 1.67 bits per heavy atom. The van der Waals surface area contributed by atoms with Crippen molar-refractivity contribution in [2.45, 2.75) is 223 Å². The summed E-state index contributed by atoms with van der Waals surface area (Å²) < 4.78 is 47.2. The third-order valence-corrected chi connectivity index (χ3v) is 10.6. The normalized spacial score (nSPS) is 22.4. The van der Waals surface area contributed by atoms with Crippen molar-refractivity contribution in [1.29, 1.82) is 0 Å². The molecule has 320 valence electrons. The summed E-state index contributed by atoms with van der Waals surface area (Å²) in [4.78, 5) is 13.0. The van der Waals surface area contributed by atoms with Crippen LogP contribution >= 0.6 is 0 Å². The number of aliphatic hydroxyl groups is 5. The maximum Gasteiger partial charge on any atom is 0.397 e. The number of hydrogen-bond donors (Lipinski definition) is 7. The fraction of sp³-hybridized carbons (Fsp3) is 0.925. The SMILES string of the molecule is CCCCCC/C=C/C(O)C(COC1OC(CO)C(O)C(OS(=O)(=O)O)C1O)NC(=O)C(O)CCCCCCCCCCCCCCCCCCCCC. The summed E-state index contributed by atoms with van der Waals surface area (Å²) in [5.41, 5.74) is 0. The molecule has 1 amide bonds. The number of hydrogen-bond acceptors (Lipinski definition) is 11. The van der Waals surface area contributed by atoms with E-state index in [0.717, 1.165) is 44.9 Å². The van der Waals surface area contributed by atoms with Gasteiger partial charge in [0.2, 0.25) is 5.91 Å². The van der Waals surface area contributed by atoms with Crippen molar-refractivity contribution in [3.63, 3.8) is 0 Å². The quantitative estimate of drug-likeness (QED) is 0.0218. The molecule has 1 aliphatic heterocycles. The first-order valence-electron chi connectivity index (χ1n) is 21.2. The molecule has 0 spiro atoms. The molecule has 7 N–H and O–H groups in total. The van der Waals surface area contributed by atoms with Gasteiger partial charge in [-0.1, -0.05) is 167 Å². The van der Waals surface area contributed by atoms with Crippen LogP contribution in [0.2, 0.25) is 0 Å². The highest BCUT2D eigenvalue weighted by atomic mass is 32.3. The van der Waals surface area contributed by atoms with Crippen LogP contribution < -0.4 is 5.32 Å². The molecule has 0 radical (unpaired) electrons. The van der Waals surface area contributed by atoms with Crippen molar-refractivity contribution in [3.8, 4) is 0 Å². The van der Waals surface area contributed by atoms with Gasteiger partial charge in [-0.2, -0.15) is 8.42 Å². The highest BCUT2D eigenvalue weighted by Gasteiger charge is 2.48. The summed E-state index contributed by atoms with van der Waals surface area (Å²) in [6, 6.07) is -1.11. The Balaban J connectivity index is 2.46. The molecule has 0 saturated carbocycles. The Bertz CT molecular complexity index is 1050. The van der Waals surface area contributed by atoms with Gasteiger partial charge in [-0.3, -0.25) is 9.35 Å². The third kappa shape index (κ3) is 24.4. The van der Waals surface area contributed by atoms with Gasteiger partial charge in [-0.05, 0) is 19.3 Å².